The fourth-order valence-corrected chi connectivity index (χ4v) is 0.366. The maximum atomic E-state index is 10.3. The zero-order valence-electron chi connectivity index (χ0n) is 5.62. The van der Waals surface area contributed by atoms with Crippen molar-refractivity contribution in [1.82, 2.24) is 0 Å². The van der Waals surface area contributed by atoms with E-state index in [0.717, 1.165) is 6.08 Å². The van der Waals surface area contributed by atoms with Crippen LogP contribution >= 0.6 is 0 Å². The van der Waals surface area contributed by atoms with Gasteiger partial charge in [-0.25, -0.2) is 9.59 Å². The summed E-state index contributed by atoms with van der Waals surface area (Å²) in [6, 6.07) is 0. The van der Waals surface area contributed by atoms with E-state index >= 15 is 0 Å². The van der Waals surface area contributed by atoms with E-state index in [1.807, 2.05) is 0 Å². The number of hydrogen-bond donors (Lipinski definition) is 0. The van der Waals surface area contributed by atoms with Crippen LogP contribution in [-0.2, 0) is 18.8 Å². The first kappa shape index (κ1) is 8.90. The molecule has 56 valence electrons. The first-order valence-electron chi connectivity index (χ1n) is 2.56. The Morgan fingerprint density at radius 1 is 1.60 bits per heavy atom. The van der Waals surface area contributed by atoms with Crippen molar-refractivity contribution in [1.29, 1.82) is 0 Å². The van der Waals surface area contributed by atoms with Gasteiger partial charge in [0.25, 0.3) is 0 Å². The summed E-state index contributed by atoms with van der Waals surface area (Å²) >= 11 is 0. The second-order valence-electron chi connectivity index (χ2n) is 1.39. The predicted octanol–water partition coefficient (Wildman–Crippen LogP) is -1.46. The van der Waals surface area contributed by atoms with E-state index in [1.165, 1.54) is 0 Å². The number of esters is 1. The van der Waals surface area contributed by atoms with Gasteiger partial charge in [0.2, 0.25) is 10.5 Å². The molecule has 0 atom stereocenters. The SMILES string of the molecule is C=CC(=O)OCC(=O)O[SiH3]. The van der Waals surface area contributed by atoms with Crippen LogP contribution in [0.5, 0.6) is 0 Å². The molecule has 0 aromatic rings. The molecule has 0 rings (SSSR count). The summed E-state index contributed by atoms with van der Waals surface area (Å²) in [5, 5.41) is 0. The Balaban J connectivity index is 3.44. The lowest BCUT2D eigenvalue weighted by atomic mass is 10.6. The molecule has 0 saturated carbocycles. The zero-order valence-corrected chi connectivity index (χ0v) is 7.62. The van der Waals surface area contributed by atoms with Crippen molar-refractivity contribution in [3.63, 3.8) is 0 Å². The molecule has 0 aromatic heterocycles. The fourth-order valence-electron chi connectivity index (χ4n) is 0.248. The van der Waals surface area contributed by atoms with Crippen LogP contribution in [0.2, 0.25) is 0 Å². The van der Waals surface area contributed by atoms with Crippen molar-refractivity contribution >= 4 is 22.4 Å². The molecule has 4 nitrogen and oxygen atoms in total. The molecule has 0 aliphatic heterocycles. The molecule has 0 heterocycles. The van der Waals surface area contributed by atoms with Crippen LogP contribution in [0.1, 0.15) is 0 Å². The van der Waals surface area contributed by atoms with Gasteiger partial charge in [0.05, 0.1) is 0 Å². The Kier molecular flexibility index (Phi) is 4.22. The lowest BCUT2D eigenvalue weighted by Gasteiger charge is -1.98. The van der Waals surface area contributed by atoms with Gasteiger partial charge >= 0.3 is 11.9 Å². The number of ether oxygens (including phenoxy) is 1. The largest absolute Gasteiger partial charge is 0.526 e. The molecule has 0 fully saturated rings. The van der Waals surface area contributed by atoms with Crippen molar-refractivity contribution in [2.75, 3.05) is 6.61 Å². The predicted molar refractivity (Wildman–Crippen MR) is 37.2 cm³/mol. The number of carbonyl (C=O) groups is 2. The topological polar surface area (TPSA) is 52.6 Å². The van der Waals surface area contributed by atoms with E-state index in [-0.39, 0.29) is 6.61 Å². The lowest BCUT2D eigenvalue weighted by molar-refractivity contribution is -0.149. The third-order valence-electron chi connectivity index (χ3n) is 0.727. The highest BCUT2D eigenvalue weighted by molar-refractivity contribution is 6.05. The molecular formula is C5H8O4Si. The van der Waals surface area contributed by atoms with Crippen molar-refractivity contribution in [3.8, 4) is 0 Å². The van der Waals surface area contributed by atoms with Gasteiger partial charge in [-0.1, -0.05) is 6.58 Å². The number of carbonyl (C=O) groups excluding carboxylic acids is 2. The second kappa shape index (κ2) is 4.75. The molecule has 0 amide bonds. The summed E-state index contributed by atoms with van der Waals surface area (Å²) in [5.74, 6) is -1.14. The van der Waals surface area contributed by atoms with E-state index in [0.29, 0.717) is 10.5 Å². The van der Waals surface area contributed by atoms with Gasteiger partial charge in [-0.05, 0) is 0 Å². The van der Waals surface area contributed by atoms with Crippen LogP contribution in [0.15, 0.2) is 12.7 Å². The lowest BCUT2D eigenvalue weighted by Crippen LogP contribution is -2.13. The molecular weight excluding hydrogens is 152 g/mol. The van der Waals surface area contributed by atoms with Gasteiger partial charge in [0.1, 0.15) is 0 Å². The van der Waals surface area contributed by atoms with Crippen LogP contribution in [0.25, 0.3) is 0 Å². The first-order chi connectivity index (χ1) is 4.70. The molecule has 5 heteroatoms. The summed E-state index contributed by atoms with van der Waals surface area (Å²) in [6.07, 6.45) is 0.986. The molecule has 0 unspecified atom stereocenters. The van der Waals surface area contributed by atoms with Gasteiger partial charge < -0.3 is 9.16 Å². The molecule has 0 N–H and O–H groups in total. The molecule has 10 heavy (non-hydrogen) atoms. The van der Waals surface area contributed by atoms with Crippen LogP contribution in [0.4, 0.5) is 0 Å². The van der Waals surface area contributed by atoms with Crippen molar-refractivity contribution < 1.29 is 18.8 Å². The van der Waals surface area contributed by atoms with Crippen LogP contribution < -0.4 is 0 Å². The molecule has 0 radical (unpaired) electrons. The summed E-state index contributed by atoms with van der Waals surface area (Å²) < 4.78 is 8.67. The Bertz CT molecular complexity index is 154. The number of hydrogen-bond acceptors (Lipinski definition) is 4. The smallest absolute Gasteiger partial charge is 0.330 e. The maximum absolute atomic E-state index is 10.3. The molecule has 0 aromatic carbocycles. The average Bonchev–Trinajstić information content (AvgIpc) is 1.99. The summed E-state index contributed by atoms with van der Waals surface area (Å²) in [7, 11) is 0.318. The molecule has 0 spiro atoms. The minimum absolute atomic E-state index is 0.318. The minimum Gasteiger partial charge on any atom is -0.526 e. The Labute approximate surface area is 61.4 Å². The van der Waals surface area contributed by atoms with E-state index in [9.17, 15) is 9.59 Å². The van der Waals surface area contributed by atoms with E-state index in [2.05, 4.69) is 15.7 Å². The summed E-state index contributed by atoms with van der Waals surface area (Å²) in [4.78, 5) is 20.6. The highest BCUT2D eigenvalue weighted by Gasteiger charge is 2.01. The normalized spacial score (nSPS) is 8.40. The van der Waals surface area contributed by atoms with Gasteiger partial charge in [0, 0.05) is 6.08 Å². The average molecular weight is 160 g/mol. The van der Waals surface area contributed by atoms with Gasteiger partial charge in [-0.3, -0.25) is 0 Å². The van der Waals surface area contributed by atoms with Crippen LogP contribution in [0.3, 0.4) is 0 Å². The molecule has 0 bridgehead atoms. The van der Waals surface area contributed by atoms with Crippen molar-refractivity contribution in [3.05, 3.63) is 12.7 Å². The van der Waals surface area contributed by atoms with Gasteiger partial charge in [-0.15, -0.1) is 0 Å². The highest BCUT2D eigenvalue weighted by Crippen LogP contribution is 1.80. The Hall–Kier alpha value is -1.10. The van der Waals surface area contributed by atoms with E-state index < -0.39 is 11.9 Å². The molecule has 0 aliphatic carbocycles. The first-order valence-corrected chi connectivity index (χ1v) is 3.38. The van der Waals surface area contributed by atoms with Gasteiger partial charge in [0.15, 0.2) is 6.61 Å². The zero-order chi connectivity index (χ0) is 7.98. The summed E-state index contributed by atoms with van der Waals surface area (Å²) in [5.41, 5.74) is 0. The Morgan fingerprint density at radius 3 is 2.60 bits per heavy atom. The standard InChI is InChI=1S/C5H8O4Si/c1-2-4(6)8-3-5(7)9-10/h2H,1,3H2,10H3. The minimum atomic E-state index is -0.618. The van der Waals surface area contributed by atoms with Crippen LogP contribution in [0, 0.1) is 0 Å². The van der Waals surface area contributed by atoms with E-state index in [4.69, 9.17) is 0 Å². The summed E-state index contributed by atoms with van der Waals surface area (Å²) in [6.45, 7) is 2.82. The molecule has 0 saturated heterocycles. The monoisotopic (exact) mass is 160 g/mol. The van der Waals surface area contributed by atoms with E-state index in [1.54, 1.807) is 0 Å². The highest BCUT2D eigenvalue weighted by atomic mass is 28.2. The van der Waals surface area contributed by atoms with Crippen molar-refractivity contribution in [2.45, 2.75) is 0 Å². The van der Waals surface area contributed by atoms with Crippen LogP contribution in [-0.4, -0.2) is 29.0 Å². The second-order valence-corrected chi connectivity index (χ2v) is 1.80. The Morgan fingerprint density at radius 2 is 2.20 bits per heavy atom. The maximum Gasteiger partial charge on any atom is 0.330 e. The molecule has 0 aliphatic rings. The number of rotatable bonds is 3. The third kappa shape index (κ3) is 3.85. The third-order valence-corrected chi connectivity index (χ3v) is 1.18. The fraction of sp³-hybridized carbons (Fsp3) is 0.200. The van der Waals surface area contributed by atoms with Crippen molar-refractivity contribution in [2.24, 2.45) is 0 Å². The van der Waals surface area contributed by atoms with Gasteiger partial charge in [-0.2, -0.15) is 0 Å². The quantitative estimate of drug-likeness (QED) is 0.287.